The van der Waals surface area contributed by atoms with E-state index in [9.17, 15) is 0 Å². The number of pyridine rings is 1. The minimum atomic E-state index is 0.106. The van der Waals surface area contributed by atoms with Crippen LogP contribution >= 0.6 is 0 Å². The lowest BCUT2D eigenvalue weighted by molar-refractivity contribution is 0.422. The molecule has 2 aromatic rings. The first kappa shape index (κ1) is 13.7. The molecule has 0 fully saturated rings. The summed E-state index contributed by atoms with van der Waals surface area (Å²) in [5.74, 6) is 0.902. The Morgan fingerprint density at radius 1 is 1.16 bits per heavy atom. The number of hydrogen-bond acceptors (Lipinski definition) is 3. The lowest BCUT2D eigenvalue weighted by atomic mass is 10.1. The molecule has 4 nitrogen and oxygen atoms in total. The number of rotatable bonds is 3. The van der Waals surface area contributed by atoms with E-state index in [1.165, 1.54) is 0 Å². The predicted octanol–water partition coefficient (Wildman–Crippen LogP) is 2.98. The van der Waals surface area contributed by atoms with E-state index >= 15 is 0 Å². The summed E-state index contributed by atoms with van der Waals surface area (Å²) in [5.41, 5.74) is 4.32. The molecule has 2 aromatic heterocycles. The van der Waals surface area contributed by atoms with Crippen LogP contribution in [0, 0.1) is 13.8 Å². The summed E-state index contributed by atoms with van der Waals surface area (Å²) in [6.45, 7) is 11.3. The molecule has 4 heteroatoms. The molecule has 102 valence electrons. The second-order valence-electron chi connectivity index (χ2n) is 6.00. The molecule has 0 aliphatic rings. The summed E-state index contributed by atoms with van der Waals surface area (Å²) >= 11 is 0. The van der Waals surface area contributed by atoms with Crippen molar-refractivity contribution in [3.8, 4) is 11.4 Å². The number of nitrogens with one attached hydrogen (secondary N) is 2. The van der Waals surface area contributed by atoms with Gasteiger partial charge in [-0.15, -0.1) is 0 Å². The second-order valence-corrected chi connectivity index (χ2v) is 6.00. The van der Waals surface area contributed by atoms with Gasteiger partial charge in [-0.25, -0.2) is 4.98 Å². The van der Waals surface area contributed by atoms with Crippen molar-refractivity contribution in [2.24, 2.45) is 0 Å². The molecule has 19 heavy (non-hydrogen) atoms. The largest absolute Gasteiger partial charge is 0.341 e. The molecule has 0 aromatic carbocycles. The molecule has 2 rings (SSSR count). The van der Waals surface area contributed by atoms with Gasteiger partial charge in [0.2, 0.25) is 0 Å². The Labute approximate surface area is 114 Å². The molecule has 0 atom stereocenters. The van der Waals surface area contributed by atoms with Gasteiger partial charge < -0.3 is 10.3 Å². The van der Waals surface area contributed by atoms with Crippen LogP contribution in [0.3, 0.4) is 0 Å². The molecule has 2 heterocycles. The van der Waals surface area contributed by atoms with Crippen LogP contribution in [0.25, 0.3) is 11.4 Å². The molecule has 0 bridgehead atoms. The molecular formula is C15H22N4. The van der Waals surface area contributed by atoms with E-state index in [-0.39, 0.29) is 5.54 Å². The number of aromatic amines is 1. The van der Waals surface area contributed by atoms with E-state index in [4.69, 9.17) is 0 Å². The van der Waals surface area contributed by atoms with Crippen molar-refractivity contribution in [1.82, 2.24) is 20.3 Å². The molecule has 0 amide bonds. The van der Waals surface area contributed by atoms with Crippen molar-refractivity contribution in [2.75, 3.05) is 0 Å². The van der Waals surface area contributed by atoms with Gasteiger partial charge in [-0.1, -0.05) is 0 Å². The Kier molecular flexibility index (Phi) is 3.71. The van der Waals surface area contributed by atoms with Gasteiger partial charge in [0.15, 0.2) is 0 Å². The third kappa shape index (κ3) is 3.89. The van der Waals surface area contributed by atoms with Gasteiger partial charge in [-0.3, -0.25) is 4.98 Å². The molecular weight excluding hydrogens is 236 g/mol. The van der Waals surface area contributed by atoms with Crippen molar-refractivity contribution in [3.63, 3.8) is 0 Å². The van der Waals surface area contributed by atoms with Gasteiger partial charge in [0.1, 0.15) is 5.82 Å². The number of aromatic nitrogens is 3. The predicted molar refractivity (Wildman–Crippen MR) is 77.9 cm³/mol. The van der Waals surface area contributed by atoms with Crippen LogP contribution in [0.1, 0.15) is 37.9 Å². The number of imidazole rings is 1. The Hall–Kier alpha value is -1.68. The summed E-state index contributed by atoms with van der Waals surface area (Å²) in [7, 11) is 0. The fourth-order valence-corrected chi connectivity index (χ4v) is 1.93. The quantitative estimate of drug-likeness (QED) is 0.890. The van der Waals surface area contributed by atoms with Crippen LogP contribution in [0.4, 0.5) is 0 Å². The van der Waals surface area contributed by atoms with Gasteiger partial charge in [-0.05, 0) is 46.8 Å². The van der Waals surface area contributed by atoms with Gasteiger partial charge >= 0.3 is 0 Å². The van der Waals surface area contributed by atoms with Gasteiger partial charge in [0, 0.05) is 40.9 Å². The normalized spacial score (nSPS) is 11.8. The molecule has 0 unspecified atom stereocenters. The van der Waals surface area contributed by atoms with Crippen LogP contribution < -0.4 is 5.32 Å². The smallest absolute Gasteiger partial charge is 0.137 e. The van der Waals surface area contributed by atoms with E-state index in [0.29, 0.717) is 0 Å². The highest BCUT2D eigenvalue weighted by Crippen LogP contribution is 2.17. The first-order valence-electron chi connectivity index (χ1n) is 6.58. The molecule has 2 N–H and O–H groups in total. The summed E-state index contributed by atoms with van der Waals surface area (Å²) in [4.78, 5) is 12.2. The molecule has 0 aliphatic carbocycles. The first-order chi connectivity index (χ1) is 8.83. The Morgan fingerprint density at radius 2 is 1.79 bits per heavy atom. The highest BCUT2D eigenvalue weighted by Gasteiger charge is 2.10. The standard InChI is InChI=1S/C15H22N4/c1-10-6-12(7-11(2)18-10)14-16-8-13(19-14)9-17-15(3,4)5/h6-8,17H,9H2,1-5H3,(H,16,19). The Bertz CT molecular complexity index is 544. The Morgan fingerprint density at radius 3 is 2.37 bits per heavy atom. The molecule has 0 saturated heterocycles. The van der Waals surface area contributed by atoms with Crippen LogP contribution in [-0.4, -0.2) is 20.5 Å². The third-order valence-electron chi connectivity index (χ3n) is 2.79. The van der Waals surface area contributed by atoms with Crippen molar-refractivity contribution < 1.29 is 0 Å². The van der Waals surface area contributed by atoms with E-state index in [1.54, 1.807) is 0 Å². The summed E-state index contributed by atoms with van der Waals surface area (Å²) in [6.07, 6.45) is 1.89. The lowest BCUT2D eigenvalue weighted by Crippen LogP contribution is -2.35. The van der Waals surface area contributed by atoms with Gasteiger partial charge in [0.05, 0.1) is 0 Å². The summed E-state index contributed by atoms with van der Waals surface area (Å²) in [6, 6.07) is 4.10. The van der Waals surface area contributed by atoms with Crippen molar-refractivity contribution in [3.05, 3.63) is 35.4 Å². The minimum absolute atomic E-state index is 0.106. The lowest BCUT2D eigenvalue weighted by Gasteiger charge is -2.19. The van der Waals surface area contributed by atoms with Gasteiger partial charge in [0.25, 0.3) is 0 Å². The minimum Gasteiger partial charge on any atom is -0.341 e. The van der Waals surface area contributed by atoms with E-state index in [1.807, 2.05) is 32.2 Å². The molecule has 0 saturated carbocycles. The van der Waals surface area contributed by atoms with Crippen LogP contribution in [-0.2, 0) is 6.54 Å². The van der Waals surface area contributed by atoms with Crippen molar-refractivity contribution >= 4 is 0 Å². The highest BCUT2D eigenvalue weighted by molar-refractivity contribution is 5.56. The fourth-order valence-electron chi connectivity index (χ4n) is 1.93. The average molecular weight is 258 g/mol. The topological polar surface area (TPSA) is 53.6 Å². The maximum atomic E-state index is 4.45. The molecule has 0 aliphatic heterocycles. The number of H-pyrrole nitrogens is 1. The van der Waals surface area contributed by atoms with E-state index < -0.39 is 0 Å². The second kappa shape index (κ2) is 5.13. The van der Waals surface area contributed by atoms with Gasteiger partial charge in [-0.2, -0.15) is 0 Å². The maximum absolute atomic E-state index is 4.45. The summed E-state index contributed by atoms with van der Waals surface area (Å²) in [5, 5.41) is 3.44. The zero-order valence-electron chi connectivity index (χ0n) is 12.3. The Balaban J connectivity index is 2.16. The van der Waals surface area contributed by atoms with E-state index in [2.05, 4.69) is 41.0 Å². The molecule has 0 radical (unpaired) electrons. The van der Waals surface area contributed by atoms with Crippen molar-refractivity contribution in [2.45, 2.75) is 46.7 Å². The fraction of sp³-hybridized carbons (Fsp3) is 0.467. The number of nitrogens with zero attached hydrogens (tertiary/aromatic N) is 2. The zero-order valence-corrected chi connectivity index (χ0v) is 12.3. The average Bonchev–Trinajstić information content (AvgIpc) is 2.72. The highest BCUT2D eigenvalue weighted by atomic mass is 15.0. The SMILES string of the molecule is Cc1cc(-c2ncc(CNC(C)(C)C)[nH]2)cc(C)n1. The zero-order chi connectivity index (χ0) is 14.0. The van der Waals surface area contributed by atoms with Crippen LogP contribution in [0.2, 0.25) is 0 Å². The summed E-state index contributed by atoms with van der Waals surface area (Å²) < 4.78 is 0. The monoisotopic (exact) mass is 258 g/mol. The van der Waals surface area contributed by atoms with Crippen LogP contribution in [0.15, 0.2) is 18.3 Å². The molecule has 0 spiro atoms. The van der Waals surface area contributed by atoms with Crippen LogP contribution in [0.5, 0.6) is 0 Å². The van der Waals surface area contributed by atoms with Crippen molar-refractivity contribution in [1.29, 1.82) is 0 Å². The maximum Gasteiger partial charge on any atom is 0.137 e. The number of aryl methyl sites for hydroxylation is 2. The first-order valence-corrected chi connectivity index (χ1v) is 6.58. The third-order valence-corrected chi connectivity index (χ3v) is 2.79. The number of hydrogen-bond donors (Lipinski definition) is 2. The van der Waals surface area contributed by atoms with E-state index in [0.717, 1.165) is 35.0 Å².